The summed E-state index contributed by atoms with van der Waals surface area (Å²) in [6.45, 7) is 1.98. The minimum Gasteiger partial charge on any atom is -0.466 e. The van der Waals surface area contributed by atoms with Gasteiger partial charge in [0.1, 0.15) is 0 Å². The summed E-state index contributed by atoms with van der Waals surface area (Å²) < 4.78 is 6.54. The summed E-state index contributed by atoms with van der Waals surface area (Å²) in [6, 6.07) is 13.4. The first-order chi connectivity index (χ1) is 15.0. The molecule has 0 spiro atoms. The van der Waals surface area contributed by atoms with E-state index in [4.69, 9.17) is 27.9 Å². The average Bonchev–Trinajstić information content (AvgIpc) is 3.21. The van der Waals surface area contributed by atoms with Gasteiger partial charge in [0.05, 0.1) is 30.5 Å². The Morgan fingerprint density at radius 1 is 1.16 bits per heavy atom. The number of carbonyl (C=O) groups is 2. The average molecular weight is 480 g/mol. The van der Waals surface area contributed by atoms with Gasteiger partial charge in [0.15, 0.2) is 0 Å². The van der Waals surface area contributed by atoms with Gasteiger partial charge in [-0.05, 0) is 53.2 Å². The molecule has 3 rings (SSSR count). The van der Waals surface area contributed by atoms with Crippen LogP contribution in [0, 0.1) is 0 Å². The van der Waals surface area contributed by atoms with E-state index < -0.39 is 12.0 Å². The van der Waals surface area contributed by atoms with Gasteiger partial charge < -0.3 is 10.1 Å². The topological polar surface area (TPSA) is 99.0 Å². The molecular formula is C20H19Cl2N5O3S. The van der Waals surface area contributed by atoms with E-state index in [0.29, 0.717) is 26.5 Å². The number of thioether (sulfide) groups is 1. The fourth-order valence-electron chi connectivity index (χ4n) is 2.76. The summed E-state index contributed by atoms with van der Waals surface area (Å²) in [4.78, 5) is 24.7. The summed E-state index contributed by atoms with van der Waals surface area (Å²) in [7, 11) is 0. The number of benzene rings is 2. The molecule has 1 N–H and O–H groups in total. The predicted octanol–water partition coefficient (Wildman–Crippen LogP) is 3.87. The summed E-state index contributed by atoms with van der Waals surface area (Å²) in [5.41, 5.74) is 1.36. The number of tetrazole rings is 1. The van der Waals surface area contributed by atoms with Crippen molar-refractivity contribution in [1.29, 1.82) is 0 Å². The maximum atomic E-state index is 12.6. The standard InChI is InChI=1S/C20H19Cl2N5O3S/c1-2-30-19(29)11-17(15-5-3-4-6-16(15)22)23-18(28)12-31-20-24-25-26-27(20)14-9-7-13(21)8-10-14/h3-10,17H,2,11-12H2,1H3,(H,23,28)/t17-/m0/s1. The number of ether oxygens (including phenoxy) is 1. The lowest BCUT2D eigenvalue weighted by Crippen LogP contribution is -2.32. The van der Waals surface area contributed by atoms with Gasteiger partial charge in [-0.15, -0.1) is 5.10 Å². The summed E-state index contributed by atoms with van der Waals surface area (Å²) in [6.07, 6.45) is -0.0313. The minimum absolute atomic E-state index is 0.0313. The Balaban J connectivity index is 1.68. The Hall–Kier alpha value is -2.62. The van der Waals surface area contributed by atoms with E-state index in [1.165, 1.54) is 4.68 Å². The molecule has 1 amide bonds. The Kier molecular flexibility index (Phi) is 8.27. The van der Waals surface area contributed by atoms with Crippen molar-refractivity contribution < 1.29 is 14.3 Å². The molecule has 0 aliphatic carbocycles. The molecule has 1 atom stereocenters. The van der Waals surface area contributed by atoms with Gasteiger partial charge in [-0.2, -0.15) is 4.68 Å². The van der Waals surface area contributed by atoms with Gasteiger partial charge >= 0.3 is 5.97 Å². The first-order valence-corrected chi connectivity index (χ1v) is 11.1. The van der Waals surface area contributed by atoms with Crippen molar-refractivity contribution in [2.75, 3.05) is 12.4 Å². The van der Waals surface area contributed by atoms with Crippen LogP contribution < -0.4 is 5.32 Å². The van der Waals surface area contributed by atoms with Crippen molar-refractivity contribution in [2.24, 2.45) is 0 Å². The molecular weight excluding hydrogens is 461 g/mol. The van der Waals surface area contributed by atoms with E-state index in [1.54, 1.807) is 55.5 Å². The molecule has 0 saturated heterocycles. The highest BCUT2D eigenvalue weighted by Gasteiger charge is 2.22. The van der Waals surface area contributed by atoms with Crippen LogP contribution in [-0.2, 0) is 14.3 Å². The van der Waals surface area contributed by atoms with Gasteiger partial charge in [0, 0.05) is 10.0 Å². The molecule has 0 radical (unpaired) electrons. The highest BCUT2D eigenvalue weighted by atomic mass is 35.5. The Morgan fingerprint density at radius 2 is 1.90 bits per heavy atom. The molecule has 11 heteroatoms. The Bertz CT molecular complexity index is 1050. The molecule has 2 aromatic carbocycles. The first kappa shape index (κ1) is 23.1. The van der Waals surface area contributed by atoms with Crippen molar-refractivity contribution in [1.82, 2.24) is 25.5 Å². The number of hydrogen-bond acceptors (Lipinski definition) is 7. The van der Waals surface area contributed by atoms with Gasteiger partial charge in [-0.1, -0.05) is 53.2 Å². The Morgan fingerprint density at radius 3 is 2.61 bits per heavy atom. The molecule has 0 aliphatic heterocycles. The molecule has 3 aromatic rings. The second kappa shape index (κ2) is 11.1. The van der Waals surface area contributed by atoms with E-state index in [0.717, 1.165) is 11.8 Å². The lowest BCUT2D eigenvalue weighted by molar-refractivity contribution is -0.143. The zero-order chi connectivity index (χ0) is 22.2. The highest BCUT2D eigenvalue weighted by molar-refractivity contribution is 7.99. The summed E-state index contributed by atoms with van der Waals surface area (Å²) >= 11 is 13.4. The number of nitrogens with zero attached hydrogens (tertiary/aromatic N) is 4. The number of esters is 1. The van der Waals surface area contributed by atoms with E-state index in [1.807, 2.05) is 0 Å². The third kappa shape index (κ3) is 6.43. The maximum absolute atomic E-state index is 12.6. The molecule has 1 aromatic heterocycles. The van der Waals surface area contributed by atoms with Crippen molar-refractivity contribution in [3.63, 3.8) is 0 Å². The van der Waals surface area contributed by atoms with Crippen molar-refractivity contribution in [3.8, 4) is 5.69 Å². The molecule has 0 unspecified atom stereocenters. The largest absolute Gasteiger partial charge is 0.466 e. The lowest BCUT2D eigenvalue weighted by Gasteiger charge is -2.19. The van der Waals surface area contributed by atoms with Gasteiger partial charge in [-0.3, -0.25) is 9.59 Å². The summed E-state index contributed by atoms with van der Waals surface area (Å²) in [5, 5.41) is 15.9. The van der Waals surface area contributed by atoms with Crippen LogP contribution in [0.1, 0.15) is 24.9 Å². The predicted molar refractivity (Wildman–Crippen MR) is 118 cm³/mol. The number of aromatic nitrogens is 4. The number of nitrogens with one attached hydrogen (secondary N) is 1. The molecule has 0 aliphatic rings. The van der Waals surface area contributed by atoms with Crippen LogP contribution in [0.3, 0.4) is 0 Å². The van der Waals surface area contributed by atoms with Crippen LogP contribution in [0.2, 0.25) is 10.0 Å². The van der Waals surface area contributed by atoms with Crippen LogP contribution in [0.4, 0.5) is 0 Å². The third-order valence-electron chi connectivity index (χ3n) is 4.14. The molecule has 0 bridgehead atoms. The molecule has 8 nitrogen and oxygen atoms in total. The van der Waals surface area contributed by atoms with E-state index in [-0.39, 0.29) is 24.7 Å². The second-order valence-electron chi connectivity index (χ2n) is 6.29. The van der Waals surface area contributed by atoms with E-state index >= 15 is 0 Å². The monoisotopic (exact) mass is 479 g/mol. The minimum atomic E-state index is -0.617. The molecule has 1 heterocycles. The first-order valence-electron chi connectivity index (χ1n) is 9.34. The van der Waals surface area contributed by atoms with Crippen molar-refractivity contribution in [3.05, 3.63) is 64.1 Å². The van der Waals surface area contributed by atoms with Crippen LogP contribution in [0.25, 0.3) is 5.69 Å². The number of carbonyl (C=O) groups excluding carboxylic acids is 2. The normalized spacial score (nSPS) is 11.7. The number of amides is 1. The van der Waals surface area contributed by atoms with Crippen molar-refractivity contribution in [2.45, 2.75) is 24.5 Å². The Labute approximate surface area is 193 Å². The third-order valence-corrected chi connectivity index (χ3v) is 5.65. The van der Waals surface area contributed by atoms with Crippen LogP contribution in [0.15, 0.2) is 53.7 Å². The van der Waals surface area contributed by atoms with Gasteiger partial charge in [-0.25, -0.2) is 0 Å². The zero-order valence-corrected chi connectivity index (χ0v) is 18.8. The van der Waals surface area contributed by atoms with Gasteiger partial charge in [0.2, 0.25) is 11.1 Å². The van der Waals surface area contributed by atoms with Crippen molar-refractivity contribution >= 4 is 46.8 Å². The SMILES string of the molecule is CCOC(=O)C[C@H](NC(=O)CSc1nnnn1-c1ccc(Cl)cc1)c1ccccc1Cl. The molecule has 0 fully saturated rings. The lowest BCUT2D eigenvalue weighted by atomic mass is 10.0. The fourth-order valence-corrected chi connectivity index (χ4v) is 3.86. The van der Waals surface area contributed by atoms with E-state index in [2.05, 4.69) is 20.8 Å². The number of halogens is 2. The molecule has 31 heavy (non-hydrogen) atoms. The maximum Gasteiger partial charge on any atom is 0.308 e. The van der Waals surface area contributed by atoms with Gasteiger partial charge in [0.25, 0.3) is 0 Å². The fraction of sp³-hybridized carbons (Fsp3) is 0.250. The quantitative estimate of drug-likeness (QED) is 0.367. The van der Waals surface area contributed by atoms with Crippen LogP contribution in [-0.4, -0.2) is 44.4 Å². The second-order valence-corrected chi connectivity index (χ2v) is 8.08. The van der Waals surface area contributed by atoms with Crippen LogP contribution in [0.5, 0.6) is 0 Å². The summed E-state index contributed by atoms with van der Waals surface area (Å²) in [5.74, 6) is -0.686. The molecule has 0 saturated carbocycles. The zero-order valence-electron chi connectivity index (χ0n) is 16.5. The highest BCUT2D eigenvalue weighted by Crippen LogP contribution is 2.26. The smallest absolute Gasteiger partial charge is 0.308 e. The molecule has 162 valence electrons. The number of hydrogen-bond donors (Lipinski definition) is 1. The van der Waals surface area contributed by atoms with Crippen LogP contribution >= 0.6 is 35.0 Å². The van der Waals surface area contributed by atoms with E-state index in [9.17, 15) is 9.59 Å². The number of rotatable bonds is 9.